The summed E-state index contributed by atoms with van der Waals surface area (Å²) in [5.74, 6) is -3.12. The zero-order chi connectivity index (χ0) is 12.2. The minimum atomic E-state index is -1.44. The zero-order valence-corrected chi connectivity index (χ0v) is 9.01. The van der Waals surface area contributed by atoms with Crippen LogP contribution < -0.4 is 0 Å². The Morgan fingerprint density at radius 3 is 2.12 bits per heavy atom. The Morgan fingerprint density at radius 2 is 1.81 bits per heavy atom. The number of aliphatic hydroxyl groups is 1. The summed E-state index contributed by atoms with van der Waals surface area (Å²) in [5, 5.41) is 17.7. The van der Waals surface area contributed by atoms with Crippen molar-refractivity contribution in [1.82, 2.24) is 4.90 Å². The molecule has 1 heterocycles. The van der Waals surface area contributed by atoms with Crippen molar-refractivity contribution in [3.05, 3.63) is 0 Å². The summed E-state index contributed by atoms with van der Waals surface area (Å²) in [5.41, 5.74) is -0.358. The third-order valence-electron chi connectivity index (χ3n) is 3.60. The van der Waals surface area contributed by atoms with E-state index in [1.54, 1.807) is 0 Å². The number of fused-ring (bicyclic) bond motifs is 1. The summed E-state index contributed by atoms with van der Waals surface area (Å²) < 4.78 is 0. The summed E-state index contributed by atoms with van der Waals surface area (Å²) in [6.45, 7) is 2.88. The average Bonchev–Trinajstić information content (AvgIpc) is 2.63. The number of hydrogen-bond acceptors (Lipinski definition) is 4. The van der Waals surface area contributed by atoms with Gasteiger partial charge in [-0.2, -0.15) is 0 Å². The maximum Gasteiger partial charge on any atom is 0.329 e. The Balaban J connectivity index is 2.25. The highest BCUT2D eigenvalue weighted by Gasteiger charge is 2.73. The molecule has 0 bridgehead atoms. The van der Waals surface area contributed by atoms with Crippen LogP contribution in [0.15, 0.2) is 0 Å². The van der Waals surface area contributed by atoms with E-state index in [4.69, 9.17) is 10.2 Å². The molecule has 3 atom stereocenters. The van der Waals surface area contributed by atoms with Crippen LogP contribution in [0.4, 0.5) is 0 Å². The number of nitrogens with zero attached hydrogens (tertiary/aromatic N) is 1. The third-order valence-corrected chi connectivity index (χ3v) is 3.60. The predicted molar refractivity (Wildman–Crippen MR) is 51.1 cm³/mol. The summed E-state index contributed by atoms with van der Waals surface area (Å²) in [6, 6.07) is -1.44. The van der Waals surface area contributed by atoms with E-state index in [0.717, 1.165) is 0 Å². The normalized spacial score (nSPS) is 32.6. The molecule has 1 saturated heterocycles. The first-order valence-corrected chi connectivity index (χ1v) is 5.04. The minimum absolute atomic E-state index is 0.358. The zero-order valence-electron chi connectivity index (χ0n) is 9.01. The topological polar surface area (TPSA) is 94.9 Å². The van der Waals surface area contributed by atoms with Crippen LogP contribution in [0.3, 0.4) is 0 Å². The largest absolute Gasteiger partial charge is 0.480 e. The van der Waals surface area contributed by atoms with Crippen LogP contribution in [-0.2, 0) is 14.4 Å². The Hall–Kier alpha value is -1.43. The molecule has 2 rings (SSSR count). The molecule has 3 unspecified atom stereocenters. The summed E-state index contributed by atoms with van der Waals surface area (Å²) in [6.07, 6.45) is 0. The van der Waals surface area contributed by atoms with Crippen LogP contribution in [0.5, 0.6) is 0 Å². The van der Waals surface area contributed by atoms with Gasteiger partial charge in [-0.3, -0.25) is 14.5 Å². The molecule has 0 radical (unpaired) electrons. The minimum Gasteiger partial charge on any atom is -0.480 e. The molecule has 1 saturated carbocycles. The lowest BCUT2D eigenvalue weighted by Gasteiger charge is -2.25. The second-order valence-electron chi connectivity index (χ2n) is 4.86. The van der Waals surface area contributed by atoms with E-state index in [0.29, 0.717) is 4.90 Å². The van der Waals surface area contributed by atoms with Gasteiger partial charge in [-0.1, -0.05) is 13.8 Å². The van der Waals surface area contributed by atoms with Crippen molar-refractivity contribution in [2.75, 3.05) is 6.61 Å². The van der Waals surface area contributed by atoms with Crippen molar-refractivity contribution in [2.45, 2.75) is 19.9 Å². The molecule has 2 aliphatic rings. The summed E-state index contributed by atoms with van der Waals surface area (Å²) >= 11 is 0. The molecule has 0 aromatic heterocycles. The fourth-order valence-corrected chi connectivity index (χ4v) is 2.55. The van der Waals surface area contributed by atoms with Crippen molar-refractivity contribution in [1.29, 1.82) is 0 Å². The van der Waals surface area contributed by atoms with Crippen molar-refractivity contribution >= 4 is 17.8 Å². The molecule has 0 aromatic carbocycles. The maximum absolute atomic E-state index is 11.8. The Bertz CT molecular complexity index is 365. The fourth-order valence-electron chi connectivity index (χ4n) is 2.55. The highest BCUT2D eigenvalue weighted by Crippen LogP contribution is 2.63. The number of amides is 2. The van der Waals surface area contributed by atoms with Gasteiger partial charge in [0.1, 0.15) is 0 Å². The number of rotatable bonds is 3. The Kier molecular flexibility index (Phi) is 2.10. The molecule has 6 nitrogen and oxygen atoms in total. The van der Waals surface area contributed by atoms with Gasteiger partial charge < -0.3 is 10.2 Å². The number of carbonyl (C=O) groups excluding carboxylic acids is 2. The lowest BCUT2D eigenvalue weighted by Crippen LogP contribution is -2.49. The lowest BCUT2D eigenvalue weighted by atomic mass is 10.0. The molecule has 0 spiro atoms. The second kappa shape index (κ2) is 3.04. The van der Waals surface area contributed by atoms with Gasteiger partial charge in [0.25, 0.3) is 0 Å². The van der Waals surface area contributed by atoms with Gasteiger partial charge in [-0.15, -0.1) is 0 Å². The molecule has 0 aromatic rings. The molecule has 16 heavy (non-hydrogen) atoms. The van der Waals surface area contributed by atoms with Crippen LogP contribution >= 0.6 is 0 Å². The van der Waals surface area contributed by atoms with Gasteiger partial charge >= 0.3 is 5.97 Å². The van der Waals surface area contributed by atoms with E-state index in [2.05, 4.69) is 0 Å². The van der Waals surface area contributed by atoms with Crippen LogP contribution in [-0.4, -0.2) is 45.5 Å². The molecule has 6 heteroatoms. The molecular weight excluding hydrogens is 214 g/mol. The van der Waals surface area contributed by atoms with Crippen molar-refractivity contribution in [3.63, 3.8) is 0 Å². The fraction of sp³-hybridized carbons (Fsp3) is 0.700. The van der Waals surface area contributed by atoms with E-state index in [1.807, 2.05) is 13.8 Å². The highest BCUT2D eigenvalue weighted by molar-refractivity contribution is 6.12. The summed E-state index contributed by atoms with van der Waals surface area (Å²) in [7, 11) is 0. The first kappa shape index (κ1) is 11.1. The lowest BCUT2D eigenvalue weighted by molar-refractivity contribution is -0.158. The monoisotopic (exact) mass is 227 g/mol. The smallest absolute Gasteiger partial charge is 0.329 e. The number of carboxylic acid groups (broad SMARTS) is 1. The number of aliphatic carboxylic acids is 1. The Labute approximate surface area is 91.8 Å². The van der Waals surface area contributed by atoms with Gasteiger partial charge in [0.15, 0.2) is 6.04 Å². The predicted octanol–water partition coefficient (Wildman–Crippen LogP) is -0.927. The van der Waals surface area contributed by atoms with Gasteiger partial charge in [-0.25, -0.2) is 4.79 Å². The molecule has 2 N–H and O–H groups in total. The van der Waals surface area contributed by atoms with E-state index in [1.165, 1.54) is 0 Å². The molecule has 1 aliphatic carbocycles. The first-order valence-electron chi connectivity index (χ1n) is 5.04. The standard InChI is InChI=1S/C10H13NO5/c1-10(2)5-6(10)8(14)11(7(5)13)4(3-12)9(15)16/h4-6,12H,3H2,1-2H3,(H,15,16). The number of imide groups is 1. The number of carboxylic acids is 1. The van der Waals surface area contributed by atoms with Crippen LogP contribution in [0.2, 0.25) is 0 Å². The number of carbonyl (C=O) groups is 3. The third kappa shape index (κ3) is 1.13. The van der Waals surface area contributed by atoms with Crippen molar-refractivity contribution in [2.24, 2.45) is 17.3 Å². The highest BCUT2D eigenvalue weighted by atomic mass is 16.4. The SMILES string of the molecule is CC1(C)C2C(=O)N(C(CO)C(=O)O)C(=O)C21. The number of piperidine rings is 1. The second-order valence-corrected chi connectivity index (χ2v) is 4.86. The van der Waals surface area contributed by atoms with Crippen molar-refractivity contribution < 1.29 is 24.6 Å². The van der Waals surface area contributed by atoms with E-state index >= 15 is 0 Å². The van der Waals surface area contributed by atoms with Gasteiger partial charge in [0, 0.05) is 0 Å². The van der Waals surface area contributed by atoms with Gasteiger partial charge in [0.2, 0.25) is 11.8 Å². The van der Waals surface area contributed by atoms with Crippen LogP contribution in [0.1, 0.15) is 13.8 Å². The van der Waals surface area contributed by atoms with Gasteiger partial charge in [-0.05, 0) is 5.41 Å². The van der Waals surface area contributed by atoms with Crippen LogP contribution in [0.25, 0.3) is 0 Å². The summed E-state index contributed by atoms with van der Waals surface area (Å²) in [4.78, 5) is 35.1. The van der Waals surface area contributed by atoms with Crippen molar-refractivity contribution in [3.8, 4) is 0 Å². The maximum atomic E-state index is 11.8. The molecule has 2 amide bonds. The molecule has 1 aliphatic heterocycles. The van der Waals surface area contributed by atoms with E-state index in [9.17, 15) is 14.4 Å². The molecule has 88 valence electrons. The number of likely N-dealkylation sites (tertiary alicyclic amines) is 1. The quantitative estimate of drug-likeness (QED) is 0.607. The molecule has 2 fully saturated rings. The molecular formula is C10H13NO5. The van der Waals surface area contributed by atoms with Gasteiger partial charge in [0.05, 0.1) is 18.4 Å². The van der Waals surface area contributed by atoms with E-state index in [-0.39, 0.29) is 5.41 Å². The van der Waals surface area contributed by atoms with E-state index < -0.39 is 42.3 Å². The average molecular weight is 227 g/mol. The first-order chi connectivity index (χ1) is 7.34. The van der Waals surface area contributed by atoms with Crippen LogP contribution in [0, 0.1) is 17.3 Å². The number of aliphatic hydroxyl groups excluding tert-OH is 1. The number of hydrogen-bond donors (Lipinski definition) is 2. The Morgan fingerprint density at radius 1 is 1.38 bits per heavy atom.